The molecule has 0 bridgehead atoms. The first kappa shape index (κ1) is 22.7. The molecule has 3 aromatic rings. The highest BCUT2D eigenvalue weighted by molar-refractivity contribution is 5.83. The van der Waals surface area contributed by atoms with Crippen LogP contribution in [0.4, 0.5) is 0 Å². The van der Waals surface area contributed by atoms with Crippen LogP contribution in [0.3, 0.4) is 0 Å². The molecule has 0 aliphatic rings. The van der Waals surface area contributed by atoms with Crippen LogP contribution in [0.25, 0.3) is 0 Å². The molecule has 1 amide bonds. The van der Waals surface area contributed by atoms with Gasteiger partial charge in [-0.05, 0) is 48.4 Å². The maximum absolute atomic E-state index is 12.1. The van der Waals surface area contributed by atoms with Crippen molar-refractivity contribution in [2.24, 2.45) is 5.10 Å². The summed E-state index contributed by atoms with van der Waals surface area (Å²) in [6, 6.07) is 22.4. The highest BCUT2D eigenvalue weighted by Gasteiger charge is 2.08. The highest BCUT2D eigenvalue weighted by Crippen LogP contribution is 2.28. The topological polar surface area (TPSA) is 78.4 Å². The molecule has 0 fully saturated rings. The van der Waals surface area contributed by atoms with Crippen molar-refractivity contribution in [3.8, 4) is 23.0 Å². The molecular weight excluding hydrogens is 408 g/mol. The summed E-state index contributed by atoms with van der Waals surface area (Å²) in [6.45, 7) is 2.62. The van der Waals surface area contributed by atoms with Gasteiger partial charge in [0, 0.05) is 0 Å². The molecule has 3 aromatic carbocycles. The van der Waals surface area contributed by atoms with E-state index in [0.29, 0.717) is 36.2 Å². The Kier molecular flexibility index (Phi) is 8.50. The minimum atomic E-state index is -0.387. The van der Waals surface area contributed by atoms with E-state index in [1.165, 1.54) is 6.21 Å². The van der Waals surface area contributed by atoms with E-state index in [4.69, 9.17) is 18.9 Å². The van der Waals surface area contributed by atoms with Crippen molar-refractivity contribution in [1.29, 1.82) is 0 Å². The molecule has 166 valence electrons. The van der Waals surface area contributed by atoms with Crippen LogP contribution in [0.1, 0.15) is 18.1 Å². The van der Waals surface area contributed by atoms with Crippen LogP contribution in [0.2, 0.25) is 0 Å². The van der Waals surface area contributed by atoms with E-state index in [-0.39, 0.29) is 12.5 Å². The van der Waals surface area contributed by atoms with Gasteiger partial charge in [0.25, 0.3) is 5.91 Å². The number of hydrogen-bond donors (Lipinski definition) is 1. The standard InChI is InChI=1S/C25H26N2O5/c1-3-30-22-11-7-8-12-23(22)32-18-25(28)27-26-16-20-13-14-21(29-2)24(15-20)31-17-19-9-5-4-6-10-19/h4-16H,3,17-18H2,1-2H3,(H,27,28)/b26-16+. The third-order valence-electron chi connectivity index (χ3n) is 4.34. The summed E-state index contributed by atoms with van der Waals surface area (Å²) < 4.78 is 22.3. The first-order valence-electron chi connectivity index (χ1n) is 10.2. The molecule has 0 radical (unpaired) electrons. The third-order valence-corrected chi connectivity index (χ3v) is 4.34. The second-order valence-electron chi connectivity index (χ2n) is 6.65. The van der Waals surface area contributed by atoms with E-state index in [2.05, 4.69) is 10.5 Å². The second kappa shape index (κ2) is 12.0. The van der Waals surface area contributed by atoms with Crippen LogP contribution >= 0.6 is 0 Å². The van der Waals surface area contributed by atoms with Gasteiger partial charge in [-0.1, -0.05) is 42.5 Å². The lowest BCUT2D eigenvalue weighted by atomic mass is 10.2. The first-order valence-corrected chi connectivity index (χ1v) is 10.2. The van der Waals surface area contributed by atoms with Crippen molar-refractivity contribution in [1.82, 2.24) is 5.43 Å². The van der Waals surface area contributed by atoms with Gasteiger partial charge in [0.2, 0.25) is 0 Å². The lowest BCUT2D eigenvalue weighted by molar-refractivity contribution is -0.123. The van der Waals surface area contributed by atoms with Crippen LogP contribution in [-0.2, 0) is 11.4 Å². The summed E-state index contributed by atoms with van der Waals surface area (Å²) in [5.74, 6) is 1.91. The van der Waals surface area contributed by atoms with Gasteiger partial charge in [0.15, 0.2) is 29.6 Å². The maximum Gasteiger partial charge on any atom is 0.277 e. The van der Waals surface area contributed by atoms with Gasteiger partial charge in [0.05, 0.1) is 19.9 Å². The van der Waals surface area contributed by atoms with Crippen LogP contribution in [0.15, 0.2) is 77.9 Å². The predicted molar refractivity (Wildman–Crippen MR) is 123 cm³/mol. The predicted octanol–water partition coefficient (Wildman–Crippen LogP) is 4.20. The Bertz CT molecular complexity index is 1040. The monoisotopic (exact) mass is 434 g/mol. The Balaban J connectivity index is 1.54. The maximum atomic E-state index is 12.1. The number of ether oxygens (including phenoxy) is 4. The summed E-state index contributed by atoms with van der Waals surface area (Å²) in [7, 11) is 1.59. The van der Waals surface area contributed by atoms with Gasteiger partial charge in [-0.25, -0.2) is 5.43 Å². The first-order chi connectivity index (χ1) is 15.7. The van der Waals surface area contributed by atoms with Crippen LogP contribution < -0.4 is 24.4 Å². The Hall–Kier alpha value is -4.00. The zero-order valence-corrected chi connectivity index (χ0v) is 18.1. The highest BCUT2D eigenvalue weighted by atomic mass is 16.5. The quantitative estimate of drug-likeness (QED) is 0.361. The average molecular weight is 434 g/mol. The van der Waals surface area contributed by atoms with Gasteiger partial charge in [-0.3, -0.25) is 4.79 Å². The number of benzene rings is 3. The third kappa shape index (κ3) is 6.77. The minimum absolute atomic E-state index is 0.185. The second-order valence-corrected chi connectivity index (χ2v) is 6.65. The Morgan fingerprint density at radius 1 is 0.875 bits per heavy atom. The van der Waals surface area contributed by atoms with E-state index in [1.54, 1.807) is 31.4 Å². The van der Waals surface area contributed by atoms with Gasteiger partial charge >= 0.3 is 0 Å². The fraction of sp³-hybridized carbons (Fsp3) is 0.200. The molecule has 0 spiro atoms. The molecule has 0 saturated heterocycles. The summed E-state index contributed by atoms with van der Waals surface area (Å²) in [6.07, 6.45) is 1.53. The normalized spacial score (nSPS) is 10.6. The van der Waals surface area contributed by atoms with Gasteiger partial charge in [-0.2, -0.15) is 5.10 Å². The molecule has 0 heterocycles. The number of rotatable bonds is 11. The molecule has 0 saturated carbocycles. The Labute approximate surface area is 187 Å². The number of amides is 1. The molecule has 3 rings (SSSR count). The number of carbonyl (C=O) groups is 1. The summed E-state index contributed by atoms with van der Waals surface area (Å²) in [5.41, 5.74) is 4.25. The van der Waals surface area contributed by atoms with Gasteiger partial charge in [-0.15, -0.1) is 0 Å². The van der Waals surface area contributed by atoms with Crippen molar-refractivity contribution in [2.45, 2.75) is 13.5 Å². The van der Waals surface area contributed by atoms with Gasteiger partial charge < -0.3 is 18.9 Å². The molecule has 7 heteroatoms. The summed E-state index contributed by atoms with van der Waals surface area (Å²) in [4.78, 5) is 12.1. The SMILES string of the molecule is CCOc1ccccc1OCC(=O)N/N=C/c1ccc(OC)c(OCc2ccccc2)c1. The van der Waals surface area contributed by atoms with Crippen molar-refractivity contribution in [3.05, 3.63) is 83.9 Å². The van der Waals surface area contributed by atoms with Crippen molar-refractivity contribution < 1.29 is 23.7 Å². The largest absolute Gasteiger partial charge is 0.493 e. The molecule has 0 aliphatic carbocycles. The van der Waals surface area contributed by atoms with Crippen molar-refractivity contribution in [2.75, 3.05) is 20.3 Å². The molecule has 32 heavy (non-hydrogen) atoms. The lowest BCUT2D eigenvalue weighted by Crippen LogP contribution is -2.24. The zero-order valence-electron chi connectivity index (χ0n) is 18.1. The number of hydrazone groups is 1. The van der Waals surface area contributed by atoms with Crippen LogP contribution in [-0.4, -0.2) is 32.4 Å². The fourth-order valence-electron chi connectivity index (χ4n) is 2.82. The van der Waals surface area contributed by atoms with Crippen LogP contribution in [0, 0.1) is 0 Å². The van der Waals surface area contributed by atoms with E-state index in [0.717, 1.165) is 11.1 Å². The molecule has 0 aromatic heterocycles. The molecule has 1 N–H and O–H groups in total. The van der Waals surface area contributed by atoms with E-state index in [9.17, 15) is 4.79 Å². The molecular formula is C25H26N2O5. The smallest absolute Gasteiger partial charge is 0.277 e. The van der Waals surface area contributed by atoms with E-state index < -0.39 is 0 Å². The number of nitrogens with zero attached hydrogens (tertiary/aromatic N) is 1. The zero-order chi connectivity index (χ0) is 22.6. The number of nitrogens with one attached hydrogen (secondary N) is 1. The number of methoxy groups -OCH3 is 1. The van der Waals surface area contributed by atoms with Crippen molar-refractivity contribution >= 4 is 12.1 Å². The molecule has 0 atom stereocenters. The van der Waals surface area contributed by atoms with Crippen molar-refractivity contribution in [3.63, 3.8) is 0 Å². The average Bonchev–Trinajstić information content (AvgIpc) is 2.83. The summed E-state index contributed by atoms with van der Waals surface area (Å²) in [5, 5.41) is 4.00. The Morgan fingerprint density at radius 3 is 2.31 bits per heavy atom. The van der Waals surface area contributed by atoms with E-state index >= 15 is 0 Å². The molecule has 0 aliphatic heterocycles. The fourth-order valence-corrected chi connectivity index (χ4v) is 2.82. The number of para-hydroxylation sites is 2. The number of carbonyl (C=O) groups excluding carboxylic acids is 1. The van der Waals surface area contributed by atoms with Gasteiger partial charge in [0.1, 0.15) is 6.61 Å². The minimum Gasteiger partial charge on any atom is -0.493 e. The van der Waals surface area contributed by atoms with E-state index in [1.807, 2.05) is 55.5 Å². The molecule has 0 unspecified atom stereocenters. The summed E-state index contributed by atoms with van der Waals surface area (Å²) >= 11 is 0. The number of hydrogen-bond acceptors (Lipinski definition) is 6. The lowest BCUT2D eigenvalue weighted by Gasteiger charge is -2.11. The van der Waals surface area contributed by atoms with Crippen LogP contribution in [0.5, 0.6) is 23.0 Å². The Morgan fingerprint density at radius 2 is 1.59 bits per heavy atom. The molecule has 7 nitrogen and oxygen atoms in total.